The van der Waals surface area contributed by atoms with Crippen molar-refractivity contribution in [2.24, 2.45) is 0 Å². The zero-order valence-electron chi connectivity index (χ0n) is 21.0. The third-order valence-electron chi connectivity index (χ3n) is 7.41. The van der Waals surface area contributed by atoms with Crippen molar-refractivity contribution in [2.45, 2.75) is 58.8 Å². The molecule has 1 aromatic heterocycles. The molecule has 0 atom stereocenters. The number of rotatable bonds is 1. The fourth-order valence-electron chi connectivity index (χ4n) is 5.28. The highest BCUT2D eigenvalue weighted by atomic mass is 32.1. The molecule has 4 aromatic carbocycles. The number of fused-ring (bicyclic) bond motifs is 6. The molecule has 0 fully saturated rings. The minimum atomic E-state index is 0.0855. The van der Waals surface area contributed by atoms with Gasteiger partial charge in [-0.15, -0.1) is 11.3 Å². The van der Waals surface area contributed by atoms with E-state index in [1.54, 1.807) is 0 Å². The van der Waals surface area contributed by atoms with Gasteiger partial charge in [-0.05, 0) is 92.1 Å². The molecule has 0 unspecified atom stereocenters. The zero-order valence-corrected chi connectivity index (χ0v) is 21.9. The van der Waals surface area contributed by atoms with E-state index in [4.69, 9.17) is 0 Å². The van der Waals surface area contributed by atoms with Crippen molar-refractivity contribution in [1.29, 1.82) is 0 Å². The van der Waals surface area contributed by atoms with Crippen LogP contribution in [0.3, 0.4) is 0 Å². The van der Waals surface area contributed by atoms with Gasteiger partial charge in [-0.3, -0.25) is 0 Å². The van der Waals surface area contributed by atoms with Gasteiger partial charge in [0, 0.05) is 20.2 Å². The van der Waals surface area contributed by atoms with Crippen LogP contribution in [-0.2, 0) is 17.3 Å². The first kappa shape index (κ1) is 21.6. The molecular weight excluding hydrogens is 428 g/mol. The Bertz CT molecular complexity index is 1580. The van der Waals surface area contributed by atoms with Crippen LogP contribution in [0.4, 0.5) is 0 Å². The Hall–Kier alpha value is -2.90. The number of benzene rings is 4. The van der Waals surface area contributed by atoms with E-state index in [0.717, 1.165) is 6.42 Å². The van der Waals surface area contributed by atoms with E-state index < -0.39 is 0 Å². The van der Waals surface area contributed by atoms with Crippen LogP contribution in [0, 0.1) is 0 Å². The Kier molecular flexibility index (Phi) is 4.64. The maximum absolute atomic E-state index is 2.45. The van der Waals surface area contributed by atoms with Crippen molar-refractivity contribution in [1.82, 2.24) is 0 Å². The Balaban J connectivity index is 1.64. The van der Waals surface area contributed by atoms with E-state index in [0.29, 0.717) is 0 Å². The summed E-state index contributed by atoms with van der Waals surface area (Å²) in [5, 5.41) is 2.79. The summed E-state index contributed by atoms with van der Waals surface area (Å²) in [6.45, 7) is 13.9. The van der Waals surface area contributed by atoms with E-state index in [2.05, 4.69) is 114 Å². The van der Waals surface area contributed by atoms with E-state index in [9.17, 15) is 0 Å². The number of hydrogen-bond acceptors (Lipinski definition) is 1. The molecule has 0 radical (unpaired) electrons. The first-order chi connectivity index (χ1) is 16.1. The average Bonchev–Trinajstić information content (AvgIpc) is 3.34. The third-order valence-corrected chi connectivity index (χ3v) is 8.63. The Morgan fingerprint density at radius 2 is 1.29 bits per heavy atom. The van der Waals surface area contributed by atoms with E-state index in [1.807, 2.05) is 11.3 Å². The van der Waals surface area contributed by atoms with Crippen LogP contribution in [0.15, 0.2) is 72.8 Å². The van der Waals surface area contributed by atoms with Gasteiger partial charge in [-0.1, -0.05) is 84.0 Å². The second kappa shape index (κ2) is 7.30. The second-order valence-corrected chi connectivity index (χ2v) is 13.0. The quantitative estimate of drug-likeness (QED) is 0.229. The van der Waals surface area contributed by atoms with Crippen molar-refractivity contribution >= 4 is 31.5 Å². The van der Waals surface area contributed by atoms with Crippen molar-refractivity contribution in [3.8, 4) is 22.3 Å². The topological polar surface area (TPSA) is 0 Å². The summed E-state index contributed by atoms with van der Waals surface area (Å²) >= 11 is 1.94. The molecule has 1 heteroatoms. The minimum absolute atomic E-state index is 0.0855. The molecule has 0 N–H and O–H groups in total. The predicted octanol–water partition coefficient (Wildman–Crippen LogP) is 9.89. The Morgan fingerprint density at radius 1 is 0.588 bits per heavy atom. The molecule has 5 aromatic rings. The molecule has 34 heavy (non-hydrogen) atoms. The van der Waals surface area contributed by atoms with Crippen LogP contribution in [0.2, 0.25) is 0 Å². The molecule has 0 aliphatic heterocycles. The van der Waals surface area contributed by atoms with Gasteiger partial charge in [-0.2, -0.15) is 0 Å². The van der Waals surface area contributed by atoms with Crippen LogP contribution in [-0.4, -0.2) is 0 Å². The van der Waals surface area contributed by atoms with E-state index >= 15 is 0 Å². The lowest BCUT2D eigenvalue weighted by Gasteiger charge is -2.21. The van der Waals surface area contributed by atoms with Crippen molar-refractivity contribution < 1.29 is 0 Å². The van der Waals surface area contributed by atoms with Gasteiger partial charge < -0.3 is 0 Å². The first-order valence-corrected chi connectivity index (χ1v) is 13.1. The molecule has 0 bridgehead atoms. The Morgan fingerprint density at radius 3 is 2.06 bits per heavy atom. The van der Waals surface area contributed by atoms with Gasteiger partial charge >= 0.3 is 0 Å². The molecular formula is C33H32S. The van der Waals surface area contributed by atoms with Crippen molar-refractivity contribution in [3.63, 3.8) is 0 Å². The lowest BCUT2D eigenvalue weighted by molar-refractivity contribution is 0.590. The smallest absolute Gasteiger partial charge is 0.0434 e. The molecule has 170 valence electrons. The average molecular weight is 461 g/mol. The largest absolute Gasteiger partial charge is 0.135 e. The predicted molar refractivity (Wildman–Crippen MR) is 150 cm³/mol. The van der Waals surface area contributed by atoms with Crippen LogP contribution >= 0.6 is 11.3 Å². The van der Waals surface area contributed by atoms with Gasteiger partial charge in [0.05, 0.1) is 0 Å². The number of hydrogen-bond donors (Lipinski definition) is 0. The Labute approximate surface area is 207 Å². The summed E-state index contributed by atoms with van der Waals surface area (Å²) in [6, 6.07) is 28.0. The van der Waals surface area contributed by atoms with Gasteiger partial charge in [0.2, 0.25) is 0 Å². The second-order valence-electron chi connectivity index (χ2n) is 11.9. The molecule has 0 nitrogen and oxygen atoms in total. The maximum Gasteiger partial charge on any atom is 0.0434 e. The van der Waals surface area contributed by atoms with Gasteiger partial charge in [0.1, 0.15) is 0 Å². The fraction of sp³-hybridized carbons (Fsp3) is 0.273. The molecule has 1 heterocycles. The summed E-state index contributed by atoms with van der Waals surface area (Å²) in [5.41, 5.74) is 11.4. The maximum atomic E-state index is 2.45. The standard InChI is InChI=1S/C33H32S/c1-32(2,3)23-13-14-30-28(17-23)29-19-24(33(4,5)6)18-27(31(29)34-30)22-12-11-21-15-20-9-7-8-10-25(20)26(21)16-22/h7-14,16-19H,15H2,1-6H3. The summed E-state index contributed by atoms with van der Waals surface area (Å²) < 4.78 is 2.78. The van der Waals surface area contributed by atoms with Crippen LogP contribution in [0.5, 0.6) is 0 Å². The fourth-order valence-corrected chi connectivity index (χ4v) is 6.48. The highest BCUT2D eigenvalue weighted by Gasteiger charge is 2.23. The summed E-state index contributed by atoms with van der Waals surface area (Å²) in [7, 11) is 0. The normalized spacial score (nSPS) is 13.5. The summed E-state index contributed by atoms with van der Waals surface area (Å²) in [5.74, 6) is 0. The third kappa shape index (κ3) is 3.41. The molecule has 1 aliphatic carbocycles. The molecule has 0 saturated carbocycles. The minimum Gasteiger partial charge on any atom is -0.135 e. The molecule has 6 rings (SSSR count). The van der Waals surface area contributed by atoms with E-state index in [1.165, 1.54) is 64.7 Å². The van der Waals surface area contributed by atoms with Gasteiger partial charge in [0.25, 0.3) is 0 Å². The van der Waals surface area contributed by atoms with Crippen LogP contribution in [0.25, 0.3) is 42.4 Å². The highest BCUT2D eigenvalue weighted by Crippen LogP contribution is 2.45. The highest BCUT2D eigenvalue weighted by molar-refractivity contribution is 7.26. The van der Waals surface area contributed by atoms with Gasteiger partial charge in [-0.25, -0.2) is 0 Å². The zero-order chi connectivity index (χ0) is 23.8. The van der Waals surface area contributed by atoms with Gasteiger partial charge in [0.15, 0.2) is 0 Å². The first-order valence-electron chi connectivity index (χ1n) is 12.3. The lowest BCUT2D eigenvalue weighted by Crippen LogP contribution is -2.11. The van der Waals surface area contributed by atoms with Crippen LogP contribution in [0.1, 0.15) is 63.8 Å². The molecule has 1 aliphatic rings. The molecule has 0 saturated heterocycles. The SMILES string of the molecule is CC(C)(C)c1ccc2sc3c(-c4ccc5c(c4)-c4ccccc4C5)cc(C(C)(C)C)cc3c2c1. The van der Waals surface area contributed by atoms with Crippen molar-refractivity contribution in [3.05, 3.63) is 95.1 Å². The summed E-state index contributed by atoms with van der Waals surface area (Å²) in [4.78, 5) is 0. The molecule has 0 spiro atoms. The monoisotopic (exact) mass is 460 g/mol. The van der Waals surface area contributed by atoms with Crippen LogP contribution < -0.4 is 0 Å². The number of thiophene rings is 1. The lowest BCUT2D eigenvalue weighted by atomic mass is 9.83. The van der Waals surface area contributed by atoms with Crippen molar-refractivity contribution in [2.75, 3.05) is 0 Å². The van der Waals surface area contributed by atoms with E-state index in [-0.39, 0.29) is 10.8 Å². The molecule has 0 amide bonds. The summed E-state index contributed by atoms with van der Waals surface area (Å²) in [6.07, 6.45) is 1.04.